The van der Waals surface area contributed by atoms with Crippen molar-refractivity contribution in [2.24, 2.45) is 0 Å². The Morgan fingerprint density at radius 3 is 2.56 bits per heavy atom. The summed E-state index contributed by atoms with van der Waals surface area (Å²) >= 11 is 5.82. The summed E-state index contributed by atoms with van der Waals surface area (Å²) < 4.78 is 28.7. The fraction of sp³-hybridized carbons (Fsp3) is 0. The van der Waals surface area contributed by atoms with Gasteiger partial charge in [0.15, 0.2) is 16.6 Å². The molecule has 0 aliphatic rings. The molecule has 18 heavy (non-hydrogen) atoms. The van der Waals surface area contributed by atoms with Crippen molar-refractivity contribution in [3.63, 3.8) is 0 Å². The number of benzene rings is 1. The first-order chi connectivity index (χ1) is 8.68. The van der Waals surface area contributed by atoms with E-state index in [1.165, 1.54) is 22.9 Å². The SMILES string of the molecule is Fc1cccc(F)c1-c1nnc2c(Cl)nccn12. The van der Waals surface area contributed by atoms with Crippen LogP contribution in [0.2, 0.25) is 5.15 Å². The van der Waals surface area contributed by atoms with Crippen LogP contribution in [0.4, 0.5) is 8.78 Å². The summed E-state index contributed by atoms with van der Waals surface area (Å²) in [4.78, 5) is 3.81. The van der Waals surface area contributed by atoms with Gasteiger partial charge in [0, 0.05) is 12.4 Å². The van der Waals surface area contributed by atoms with Crippen molar-refractivity contribution >= 4 is 17.2 Å². The molecule has 0 N–H and O–H groups in total. The molecule has 3 rings (SSSR count). The number of hydrogen-bond donors (Lipinski definition) is 0. The van der Waals surface area contributed by atoms with Crippen molar-refractivity contribution in [2.75, 3.05) is 0 Å². The molecule has 7 heteroatoms. The maximum atomic E-state index is 13.7. The van der Waals surface area contributed by atoms with E-state index in [9.17, 15) is 8.78 Å². The molecular weight excluding hydrogens is 262 g/mol. The second-order valence-corrected chi connectivity index (χ2v) is 3.89. The largest absolute Gasteiger partial charge is 0.278 e. The molecule has 0 aliphatic heterocycles. The zero-order valence-electron chi connectivity index (χ0n) is 8.81. The molecule has 0 saturated heterocycles. The monoisotopic (exact) mass is 266 g/mol. The Labute approximate surface area is 105 Å². The fourth-order valence-electron chi connectivity index (χ4n) is 1.68. The summed E-state index contributed by atoms with van der Waals surface area (Å²) in [6, 6.07) is 3.59. The lowest BCUT2D eigenvalue weighted by molar-refractivity contribution is 0.587. The van der Waals surface area contributed by atoms with E-state index in [2.05, 4.69) is 15.2 Å². The normalized spacial score (nSPS) is 11.1. The highest BCUT2D eigenvalue weighted by Gasteiger charge is 2.18. The molecule has 0 bridgehead atoms. The fourth-order valence-corrected chi connectivity index (χ4v) is 1.86. The Hall–Kier alpha value is -2.08. The molecule has 0 unspecified atom stereocenters. The summed E-state index contributed by atoms with van der Waals surface area (Å²) in [6.07, 6.45) is 2.89. The van der Waals surface area contributed by atoms with Crippen molar-refractivity contribution in [1.29, 1.82) is 0 Å². The molecule has 0 amide bonds. The van der Waals surface area contributed by atoms with Crippen LogP contribution in [0, 0.1) is 11.6 Å². The molecule has 4 nitrogen and oxygen atoms in total. The van der Waals surface area contributed by atoms with E-state index in [0.717, 1.165) is 12.1 Å². The van der Waals surface area contributed by atoms with E-state index in [0.29, 0.717) is 0 Å². The van der Waals surface area contributed by atoms with Crippen LogP contribution in [0.1, 0.15) is 0 Å². The summed E-state index contributed by atoms with van der Waals surface area (Å²) in [6.45, 7) is 0. The van der Waals surface area contributed by atoms with Gasteiger partial charge in [0.1, 0.15) is 11.6 Å². The minimum absolute atomic E-state index is 0.0462. The standard InChI is InChI=1S/C11H5ClF2N4/c12-9-11-17-16-10(18(11)5-4-15-9)8-6(13)2-1-3-7(8)14/h1-5H. The van der Waals surface area contributed by atoms with Gasteiger partial charge in [-0.15, -0.1) is 10.2 Å². The number of hydrogen-bond acceptors (Lipinski definition) is 3. The van der Waals surface area contributed by atoms with Crippen LogP contribution < -0.4 is 0 Å². The second-order valence-electron chi connectivity index (χ2n) is 3.53. The lowest BCUT2D eigenvalue weighted by Gasteiger charge is -2.02. The summed E-state index contributed by atoms with van der Waals surface area (Å²) in [7, 11) is 0. The van der Waals surface area contributed by atoms with Crippen molar-refractivity contribution < 1.29 is 8.78 Å². The van der Waals surface area contributed by atoms with Crippen molar-refractivity contribution in [3.8, 4) is 11.4 Å². The molecule has 3 aromatic rings. The maximum Gasteiger partial charge on any atom is 0.198 e. The molecule has 2 aromatic heterocycles. The maximum absolute atomic E-state index is 13.7. The lowest BCUT2D eigenvalue weighted by atomic mass is 10.2. The van der Waals surface area contributed by atoms with Crippen LogP contribution in [0.25, 0.3) is 17.0 Å². The molecule has 0 atom stereocenters. The molecule has 0 fully saturated rings. The van der Waals surface area contributed by atoms with Gasteiger partial charge in [0.25, 0.3) is 0 Å². The quantitative estimate of drug-likeness (QED) is 0.680. The van der Waals surface area contributed by atoms with Gasteiger partial charge in [-0.25, -0.2) is 13.8 Å². The summed E-state index contributed by atoms with van der Waals surface area (Å²) in [5, 5.41) is 7.64. The molecular formula is C11H5ClF2N4. The molecule has 0 aliphatic carbocycles. The Balaban J connectivity index is 2.36. The van der Waals surface area contributed by atoms with Gasteiger partial charge in [0.2, 0.25) is 0 Å². The van der Waals surface area contributed by atoms with E-state index < -0.39 is 11.6 Å². The van der Waals surface area contributed by atoms with Crippen LogP contribution in [0.3, 0.4) is 0 Å². The predicted molar refractivity (Wildman–Crippen MR) is 61.1 cm³/mol. The lowest BCUT2D eigenvalue weighted by Crippen LogP contribution is -1.96. The second kappa shape index (κ2) is 3.99. The number of aromatic nitrogens is 4. The summed E-state index contributed by atoms with van der Waals surface area (Å²) in [5.74, 6) is -1.38. The van der Waals surface area contributed by atoms with E-state index in [-0.39, 0.29) is 22.2 Å². The van der Waals surface area contributed by atoms with Gasteiger partial charge in [-0.1, -0.05) is 17.7 Å². The molecule has 2 heterocycles. The van der Waals surface area contributed by atoms with Crippen LogP contribution in [0.15, 0.2) is 30.6 Å². The summed E-state index contributed by atoms with van der Waals surface area (Å²) in [5.41, 5.74) is 0.00378. The van der Waals surface area contributed by atoms with Gasteiger partial charge in [-0.05, 0) is 12.1 Å². The minimum Gasteiger partial charge on any atom is -0.278 e. The number of rotatable bonds is 1. The Morgan fingerprint density at radius 1 is 1.11 bits per heavy atom. The van der Waals surface area contributed by atoms with Crippen LogP contribution in [0.5, 0.6) is 0 Å². The van der Waals surface area contributed by atoms with E-state index in [1.807, 2.05) is 0 Å². The van der Waals surface area contributed by atoms with Gasteiger partial charge in [-0.3, -0.25) is 4.40 Å². The first kappa shape index (κ1) is 11.0. The van der Waals surface area contributed by atoms with E-state index in [4.69, 9.17) is 11.6 Å². The van der Waals surface area contributed by atoms with Crippen molar-refractivity contribution in [2.45, 2.75) is 0 Å². The topological polar surface area (TPSA) is 43.1 Å². The Bertz CT molecular complexity index is 721. The third kappa shape index (κ3) is 1.53. The first-order valence-electron chi connectivity index (χ1n) is 4.98. The number of halogens is 3. The smallest absolute Gasteiger partial charge is 0.198 e. The first-order valence-corrected chi connectivity index (χ1v) is 5.36. The number of nitrogens with zero attached hydrogens (tertiary/aromatic N) is 4. The van der Waals surface area contributed by atoms with Gasteiger partial charge >= 0.3 is 0 Å². The van der Waals surface area contributed by atoms with Crippen LogP contribution >= 0.6 is 11.6 Å². The highest BCUT2D eigenvalue weighted by atomic mass is 35.5. The zero-order chi connectivity index (χ0) is 12.7. The minimum atomic E-state index is -0.711. The highest BCUT2D eigenvalue weighted by Crippen LogP contribution is 2.25. The van der Waals surface area contributed by atoms with E-state index >= 15 is 0 Å². The third-order valence-corrected chi connectivity index (χ3v) is 2.74. The van der Waals surface area contributed by atoms with Gasteiger partial charge < -0.3 is 0 Å². The molecule has 1 aromatic carbocycles. The molecule has 0 saturated carbocycles. The molecule has 90 valence electrons. The highest BCUT2D eigenvalue weighted by molar-refractivity contribution is 6.32. The Morgan fingerprint density at radius 2 is 1.83 bits per heavy atom. The average Bonchev–Trinajstić information content (AvgIpc) is 2.75. The van der Waals surface area contributed by atoms with E-state index in [1.54, 1.807) is 0 Å². The average molecular weight is 267 g/mol. The Kier molecular flexibility index (Phi) is 2.45. The number of fused-ring (bicyclic) bond motifs is 1. The van der Waals surface area contributed by atoms with Crippen molar-refractivity contribution in [1.82, 2.24) is 19.6 Å². The van der Waals surface area contributed by atoms with Gasteiger partial charge in [-0.2, -0.15) is 0 Å². The molecule has 0 radical (unpaired) electrons. The van der Waals surface area contributed by atoms with Crippen LogP contribution in [-0.2, 0) is 0 Å². The third-order valence-electron chi connectivity index (χ3n) is 2.47. The predicted octanol–water partition coefficient (Wildman–Crippen LogP) is 2.72. The van der Waals surface area contributed by atoms with Crippen molar-refractivity contribution in [3.05, 3.63) is 47.4 Å². The molecule has 0 spiro atoms. The van der Waals surface area contributed by atoms with Gasteiger partial charge in [0.05, 0.1) is 5.56 Å². The van der Waals surface area contributed by atoms with Crippen LogP contribution in [-0.4, -0.2) is 19.6 Å². The zero-order valence-corrected chi connectivity index (χ0v) is 9.57.